The molecule has 3 aromatic rings. The number of carbonyl (C=O) groups is 1. The van der Waals surface area contributed by atoms with Crippen LogP contribution >= 0.6 is 0 Å². The van der Waals surface area contributed by atoms with Gasteiger partial charge in [-0.2, -0.15) is 5.26 Å². The number of rotatable bonds is 9. The van der Waals surface area contributed by atoms with Crippen LogP contribution in [0.4, 0.5) is 0 Å². The average Bonchev–Trinajstić information content (AvgIpc) is 2.80. The first-order valence-corrected chi connectivity index (χ1v) is 11.4. The molecule has 0 saturated carbocycles. The molecule has 0 atom stereocenters. The van der Waals surface area contributed by atoms with Gasteiger partial charge in [-0.1, -0.05) is 76.1 Å². The summed E-state index contributed by atoms with van der Waals surface area (Å²) < 4.78 is 5.54. The molecule has 32 heavy (non-hydrogen) atoms. The van der Waals surface area contributed by atoms with Crippen LogP contribution in [0.25, 0.3) is 11.1 Å². The van der Waals surface area contributed by atoms with Crippen LogP contribution in [0.3, 0.4) is 0 Å². The molecular formula is C29H31NO2. The van der Waals surface area contributed by atoms with Crippen molar-refractivity contribution in [1.82, 2.24) is 0 Å². The highest BCUT2D eigenvalue weighted by atomic mass is 16.5. The number of unbranched alkanes of at least 4 members (excludes halogenated alkanes) is 2. The van der Waals surface area contributed by atoms with E-state index in [1.54, 1.807) is 18.2 Å². The maximum atomic E-state index is 12.6. The van der Waals surface area contributed by atoms with Gasteiger partial charge in [-0.25, -0.2) is 4.79 Å². The molecule has 0 aromatic heterocycles. The zero-order valence-corrected chi connectivity index (χ0v) is 19.2. The van der Waals surface area contributed by atoms with Gasteiger partial charge in [0.25, 0.3) is 0 Å². The van der Waals surface area contributed by atoms with Gasteiger partial charge in [0, 0.05) is 0 Å². The Bertz CT molecular complexity index is 1070. The van der Waals surface area contributed by atoms with Gasteiger partial charge >= 0.3 is 5.97 Å². The molecular weight excluding hydrogens is 394 g/mol. The van der Waals surface area contributed by atoms with Crippen molar-refractivity contribution in [3.63, 3.8) is 0 Å². The zero-order chi connectivity index (χ0) is 22.9. The summed E-state index contributed by atoms with van der Waals surface area (Å²) >= 11 is 0. The number of nitriles is 1. The number of ether oxygens (including phenoxy) is 1. The summed E-state index contributed by atoms with van der Waals surface area (Å²) in [5, 5.41) is 9.49. The van der Waals surface area contributed by atoms with E-state index in [0.29, 0.717) is 22.8 Å². The molecule has 3 nitrogen and oxygen atoms in total. The molecule has 0 heterocycles. The lowest BCUT2D eigenvalue weighted by molar-refractivity contribution is 0.0734. The van der Waals surface area contributed by atoms with E-state index in [1.165, 1.54) is 5.56 Å². The summed E-state index contributed by atoms with van der Waals surface area (Å²) in [6, 6.07) is 23.6. The fraction of sp³-hybridized carbons (Fsp3) is 0.310. The number of aryl methyl sites for hydroxylation is 1. The third-order valence-corrected chi connectivity index (χ3v) is 5.49. The molecule has 0 aliphatic rings. The van der Waals surface area contributed by atoms with E-state index >= 15 is 0 Å². The normalized spacial score (nSPS) is 10.7. The highest BCUT2D eigenvalue weighted by Gasteiger charge is 2.13. The first-order valence-electron chi connectivity index (χ1n) is 11.4. The highest BCUT2D eigenvalue weighted by Crippen LogP contribution is 2.24. The Morgan fingerprint density at radius 2 is 1.53 bits per heavy atom. The standard InChI is InChI=1S/C29H31NO2/c1-4-5-6-7-22-10-17-28(27(19-22)20-30)32-29(31)26-15-13-25(14-16-26)24-11-8-23(9-12-24)18-21(2)3/h8-17,19,21H,4-7,18H2,1-3H3. The quantitative estimate of drug-likeness (QED) is 0.204. The van der Waals surface area contributed by atoms with Crippen LogP contribution in [0.1, 0.15) is 67.1 Å². The lowest BCUT2D eigenvalue weighted by Gasteiger charge is -2.09. The lowest BCUT2D eigenvalue weighted by Crippen LogP contribution is -2.09. The van der Waals surface area contributed by atoms with Crippen molar-refractivity contribution in [3.05, 3.63) is 89.0 Å². The second-order valence-corrected chi connectivity index (χ2v) is 8.66. The van der Waals surface area contributed by atoms with Crippen LogP contribution in [0.15, 0.2) is 66.7 Å². The van der Waals surface area contributed by atoms with Crippen molar-refractivity contribution >= 4 is 5.97 Å². The van der Waals surface area contributed by atoms with Gasteiger partial charge in [-0.05, 0) is 71.7 Å². The minimum Gasteiger partial charge on any atom is -0.422 e. The van der Waals surface area contributed by atoms with Gasteiger partial charge in [-0.3, -0.25) is 0 Å². The Morgan fingerprint density at radius 1 is 0.906 bits per heavy atom. The Morgan fingerprint density at radius 3 is 2.12 bits per heavy atom. The number of hydrogen-bond donors (Lipinski definition) is 0. The van der Waals surface area contributed by atoms with Crippen molar-refractivity contribution < 1.29 is 9.53 Å². The number of carbonyl (C=O) groups excluding carboxylic acids is 1. The number of benzene rings is 3. The predicted molar refractivity (Wildman–Crippen MR) is 130 cm³/mol. The summed E-state index contributed by atoms with van der Waals surface area (Å²) in [5.41, 5.74) is 5.44. The van der Waals surface area contributed by atoms with E-state index in [0.717, 1.165) is 48.8 Å². The third-order valence-electron chi connectivity index (χ3n) is 5.49. The van der Waals surface area contributed by atoms with Crippen molar-refractivity contribution in [2.75, 3.05) is 0 Å². The molecule has 164 valence electrons. The second kappa shape index (κ2) is 11.3. The van der Waals surface area contributed by atoms with Crippen molar-refractivity contribution in [2.45, 2.75) is 52.9 Å². The van der Waals surface area contributed by atoms with Crippen LogP contribution in [0.2, 0.25) is 0 Å². The summed E-state index contributed by atoms with van der Waals surface area (Å²) in [6.45, 7) is 6.60. The highest BCUT2D eigenvalue weighted by molar-refractivity contribution is 5.92. The van der Waals surface area contributed by atoms with Crippen LogP contribution in [0, 0.1) is 17.2 Å². The number of nitrogens with zero attached hydrogens (tertiary/aromatic N) is 1. The van der Waals surface area contributed by atoms with E-state index in [9.17, 15) is 10.1 Å². The van der Waals surface area contributed by atoms with Gasteiger partial charge in [0.1, 0.15) is 11.8 Å². The van der Waals surface area contributed by atoms with Crippen LogP contribution < -0.4 is 4.74 Å². The number of hydrogen-bond acceptors (Lipinski definition) is 3. The van der Waals surface area contributed by atoms with Gasteiger partial charge in [0.05, 0.1) is 11.1 Å². The molecule has 3 heteroatoms. The Hall–Kier alpha value is -3.38. The molecule has 0 amide bonds. The second-order valence-electron chi connectivity index (χ2n) is 8.66. The Labute approximate surface area is 191 Å². The van der Waals surface area contributed by atoms with Crippen molar-refractivity contribution in [2.24, 2.45) is 5.92 Å². The first-order chi connectivity index (χ1) is 15.5. The maximum Gasteiger partial charge on any atom is 0.343 e. The summed E-state index contributed by atoms with van der Waals surface area (Å²) in [6.07, 6.45) is 5.40. The molecule has 3 rings (SSSR count). The van der Waals surface area contributed by atoms with Crippen LogP contribution in [-0.2, 0) is 12.8 Å². The van der Waals surface area contributed by atoms with Gasteiger partial charge in [-0.15, -0.1) is 0 Å². The van der Waals surface area contributed by atoms with Gasteiger partial charge in [0.2, 0.25) is 0 Å². The SMILES string of the molecule is CCCCCc1ccc(OC(=O)c2ccc(-c3ccc(CC(C)C)cc3)cc2)c(C#N)c1. The average molecular weight is 426 g/mol. The molecule has 0 aliphatic heterocycles. The summed E-state index contributed by atoms with van der Waals surface area (Å²) in [4.78, 5) is 12.6. The van der Waals surface area contributed by atoms with E-state index in [-0.39, 0.29) is 0 Å². The smallest absolute Gasteiger partial charge is 0.343 e. The molecule has 0 fully saturated rings. The van der Waals surface area contributed by atoms with E-state index in [1.807, 2.05) is 24.3 Å². The first kappa shape index (κ1) is 23.3. The fourth-order valence-corrected chi connectivity index (χ4v) is 3.75. The summed E-state index contributed by atoms with van der Waals surface area (Å²) in [5.74, 6) is 0.477. The van der Waals surface area contributed by atoms with E-state index in [4.69, 9.17) is 4.74 Å². The van der Waals surface area contributed by atoms with Crippen molar-refractivity contribution in [1.29, 1.82) is 5.26 Å². The third kappa shape index (κ3) is 6.31. The van der Waals surface area contributed by atoms with Crippen molar-refractivity contribution in [3.8, 4) is 22.9 Å². The lowest BCUT2D eigenvalue weighted by atomic mass is 9.98. The molecule has 0 N–H and O–H groups in total. The van der Waals surface area contributed by atoms with E-state index < -0.39 is 5.97 Å². The minimum absolute atomic E-state index is 0.307. The van der Waals surface area contributed by atoms with Crippen LogP contribution in [-0.4, -0.2) is 5.97 Å². The summed E-state index contributed by atoms with van der Waals surface area (Å²) in [7, 11) is 0. The molecule has 0 bridgehead atoms. The fourth-order valence-electron chi connectivity index (χ4n) is 3.75. The molecule has 0 radical (unpaired) electrons. The Balaban J connectivity index is 1.68. The zero-order valence-electron chi connectivity index (χ0n) is 19.2. The topological polar surface area (TPSA) is 50.1 Å². The maximum absolute atomic E-state index is 12.6. The Kier molecular flexibility index (Phi) is 8.22. The van der Waals surface area contributed by atoms with Gasteiger partial charge in [0.15, 0.2) is 0 Å². The minimum atomic E-state index is -0.459. The van der Waals surface area contributed by atoms with E-state index in [2.05, 4.69) is 51.1 Å². The van der Waals surface area contributed by atoms with Gasteiger partial charge < -0.3 is 4.74 Å². The predicted octanol–water partition coefficient (Wildman–Crippen LogP) is 7.38. The monoisotopic (exact) mass is 425 g/mol. The van der Waals surface area contributed by atoms with Crippen LogP contribution in [0.5, 0.6) is 5.75 Å². The number of esters is 1. The molecule has 0 unspecified atom stereocenters. The molecule has 3 aromatic carbocycles. The molecule has 0 aliphatic carbocycles. The molecule has 0 saturated heterocycles. The largest absolute Gasteiger partial charge is 0.422 e. The molecule has 0 spiro atoms.